The number of hydrogen-bond acceptors (Lipinski definition) is 18. The number of aliphatic hydroxyl groups excluding tert-OH is 9. The van der Waals surface area contributed by atoms with Crippen LogP contribution in [0.4, 0.5) is 0 Å². The normalized spacial score (nSPS) is 59.1. The van der Waals surface area contributed by atoms with Gasteiger partial charge in [0.2, 0.25) is 5.79 Å². The van der Waals surface area contributed by atoms with Gasteiger partial charge in [-0.3, -0.25) is 0 Å². The van der Waals surface area contributed by atoms with Gasteiger partial charge in [0.05, 0.1) is 36.6 Å². The lowest BCUT2D eigenvalue weighted by molar-refractivity contribution is -0.398. The molecule has 9 fully saturated rings. The lowest BCUT2D eigenvalue weighted by Crippen LogP contribution is -2.69. The summed E-state index contributed by atoms with van der Waals surface area (Å²) in [7, 11) is 0. The van der Waals surface area contributed by atoms with Crippen molar-refractivity contribution in [3.05, 3.63) is 0 Å². The lowest BCUT2D eigenvalue weighted by atomic mass is 9.35. The molecule has 0 aromatic rings. The highest BCUT2D eigenvalue weighted by atomic mass is 16.8. The molecule has 5 aliphatic heterocycles. The van der Waals surface area contributed by atoms with Crippen LogP contribution in [0.25, 0.3) is 0 Å². The molecular formula is C48H80O18. The summed E-state index contributed by atoms with van der Waals surface area (Å²) in [5, 5.41) is 110. The molecule has 10 N–H and O–H groups in total. The van der Waals surface area contributed by atoms with Gasteiger partial charge in [-0.05, 0) is 125 Å². The molecule has 0 amide bonds. The molecule has 2 bridgehead atoms. The molecular weight excluding hydrogens is 865 g/mol. The van der Waals surface area contributed by atoms with Crippen LogP contribution in [0.15, 0.2) is 0 Å². The molecule has 27 atom stereocenters. The zero-order valence-electron chi connectivity index (χ0n) is 40.3. The van der Waals surface area contributed by atoms with Crippen molar-refractivity contribution in [2.24, 2.45) is 45.3 Å². The average molecular weight is 945 g/mol. The van der Waals surface area contributed by atoms with Gasteiger partial charge < -0.3 is 89.0 Å². The topological polar surface area (TPSA) is 276 Å². The van der Waals surface area contributed by atoms with Crippen LogP contribution >= 0.6 is 0 Å². The van der Waals surface area contributed by atoms with Crippen LogP contribution in [0.2, 0.25) is 0 Å². The van der Waals surface area contributed by atoms with E-state index in [1.54, 1.807) is 13.8 Å². The third-order valence-electron chi connectivity index (χ3n) is 20.0. The van der Waals surface area contributed by atoms with Crippen molar-refractivity contribution in [2.45, 2.75) is 248 Å². The van der Waals surface area contributed by atoms with Gasteiger partial charge in [0.1, 0.15) is 72.7 Å². The minimum atomic E-state index is -1.77. The first kappa shape index (κ1) is 50.2. The van der Waals surface area contributed by atoms with Crippen LogP contribution in [-0.4, -0.2) is 185 Å². The van der Waals surface area contributed by atoms with E-state index in [9.17, 15) is 51.1 Å². The smallest absolute Gasteiger partial charge is 0.224 e. The van der Waals surface area contributed by atoms with Gasteiger partial charge in [-0.2, -0.15) is 0 Å². The third kappa shape index (κ3) is 7.15. The van der Waals surface area contributed by atoms with Crippen molar-refractivity contribution >= 4 is 0 Å². The Morgan fingerprint density at radius 3 is 1.77 bits per heavy atom. The van der Waals surface area contributed by atoms with E-state index in [2.05, 4.69) is 41.5 Å². The Bertz CT molecular complexity index is 1780. The Kier molecular flexibility index (Phi) is 12.7. The van der Waals surface area contributed by atoms with E-state index < -0.39 is 133 Å². The highest BCUT2D eigenvalue weighted by Gasteiger charge is 2.77. The predicted octanol–water partition coefficient (Wildman–Crippen LogP) is 0.576. The summed E-state index contributed by atoms with van der Waals surface area (Å²) in [6.45, 7) is 19.5. The molecule has 4 saturated carbocycles. The van der Waals surface area contributed by atoms with Crippen molar-refractivity contribution < 1.29 is 89.0 Å². The first-order chi connectivity index (χ1) is 30.6. The number of hydrogen-bond donors (Lipinski definition) is 10. The van der Waals surface area contributed by atoms with Gasteiger partial charge in [-0.15, -0.1) is 0 Å². The number of ether oxygens (including phenoxy) is 8. The minimum Gasteiger partial charge on any atom is -0.394 e. The van der Waals surface area contributed by atoms with Crippen molar-refractivity contribution in [1.82, 2.24) is 0 Å². The molecule has 5 saturated heterocycles. The summed E-state index contributed by atoms with van der Waals surface area (Å²) in [6, 6.07) is 0. The summed E-state index contributed by atoms with van der Waals surface area (Å²) in [4.78, 5) is 0. The SMILES string of the molecule is C[C@@H]1O[C@@H](O[C@H]2[C@H](O[C@H]3CC[C@@]4(C)[C@H](CC[C@]5(C)[C@@H]4C[C@H]4O[C@]6(C(C)(C)O)O[C@@](C)(C[C@@H]6O)[C@H]6CC[C@]5(C)[C@H]46)C3(C)C)O[C@H](CO)[C@@H](O)[C@@H]2O[C@@H]2O[C@@H](C)[C@H](O)[C@@H](O)[C@H]2O)[C@H](O)[C@H](O)[C@H]1O. The van der Waals surface area contributed by atoms with E-state index in [0.29, 0.717) is 12.8 Å². The maximum Gasteiger partial charge on any atom is 0.224 e. The van der Waals surface area contributed by atoms with E-state index >= 15 is 0 Å². The Morgan fingerprint density at radius 1 is 0.621 bits per heavy atom. The second-order valence-electron chi connectivity index (χ2n) is 24.2. The predicted molar refractivity (Wildman–Crippen MR) is 229 cm³/mol. The van der Waals surface area contributed by atoms with Gasteiger partial charge in [-0.25, -0.2) is 0 Å². The molecule has 0 aromatic heterocycles. The maximum absolute atomic E-state index is 11.7. The van der Waals surface area contributed by atoms with Gasteiger partial charge in [0.25, 0.3) is 0 Å². The van der Waals surface area contributed by atoms with Crippen LogP contribution in [0.5, 0.6) is 0 Å². The lowest BCUT2D eigenvalue weighted by Gasteiger charge is -2.71. The molecule has 0 spiro atoms. The van der Waals surface area contributed by atoms with E-state index in [1.807, 2.05) is 0 Å². The molecule has 18 heteroatoms. The van der Waals surface area contributed by atoms with E-state index in [-0.39, 0.29) is 46.0 Å². The number of aliphatic hydroxyl groups is 10. The fraction of sp³-hybridized carbons (Fsp3) is 1.00. The fourth-order valence-electron chi connectivity index (χ4n) is 16.1. The first-order valence-electron chi connectivity index (χ1n) is 24.7. The van der Waals surface area contributed by atoms with Crippen molar-refractivity contribution in [1.29, 1.82) is 0 Å². The molecule has 0 aromatic carbocycles. The van der Waals surface area contributed by atoms with Crippen molar-refractivity contribution in [3.63, 3.8) is 0 Å². The molecule has 4 aliphatic carbocycles. The van der Waals surface area contributed by atoms with E-state index in [1.165, 1.54) is 13.8 Å². The first-order valence-corrected chi connectivity index (χ1v) is 24.7. The Labute approximate surface area is 388 Å². The molecule has 9 aliphatic rings. The van der Waals surface area contributed by atoms with E-state index in [0.717, 1.165) is 38.5 Å². The fourth-order valence-corrected chi connectivity index (χ4v) is 16.1. The molecule has 5 heterocycles. The highest BCUT2D eigenvalue weighted by Crippen LogP contribution is 2.78. The van der Waals surface area contributed by atoms with E-state index in [4.69, 9.17) is 37.9 Å². The van der Waals surface area contributed by atoms with Crippen LogP contribution in [0, 0.1) is 45.3 Å². The molecule has 18 nitrogen and oxygen atoms in total. The van der Waals surface area contributed by atoms with Gasteiger partial charge in [-0.1, -0.05) is 34.6 Å². The van der Waals surface area contributed by atoms with Gasteiger partial charge in [0.15, 0.2) is 18.9 Å². The van der Waals surface area contributed by atoms with Gasteiger partial charge >= 0.3 is 0 Å². The zero-order valence-corrected chi connectivity index (χ0v) is 40.3. The number of fused-ring (bicyclic) bond motifs is 7. The molecule has 0 unspecified atom stereocenters. The summed E-state index contributed by atoms with van der Waals surface area (Å²) in [5.74, 6) is -0.938. The highest BCUT2D eigenvalue weighted by molar-refractivity contribution is 5.23. The Balaban J connectivity index is 1.02. The van der Waals surface area contributed by atoms with Crippen molar-refractivity contribution in [2.75, 3.05) is 6.61 Å². The monoisotopic (exact) mass is 945 g/mol. The largest absolute Gasteiger partial charge is 0.394 e. The van der Waals surface area contributed by atoms with Crippen molar-refractivity contribution in [3.8, 4) is 0 Å². The summed E-state index contributed by atoms with van der Waals surface area (Å²) in [6.07, 6.45) is -17.8. The zero-order chi connectivity index (χ0) is 48.2. The summed E-state index contributed by atoms with van der Waals surface area (Å²) in [5.41, 5.74) is -3.04. The Hall–Kier alpha value is -0.720. The quantitative estimate of drug-likeness (QED) is 0.149. The second-order valence-corrected chi connectivity index (χ2v) is 24.2. The second kappa shape index (κ2) is 16.7. The summed E-state index contributed by atoms with van der Waals surface area (Å²) >= 11 is 0. The summed E-state index contributed by atoms with van der Waals surface area (Å²) < 4.78 is 51.6. The van der Waals surface area contributed by atoms with Crippen LogP contribution in [-0.2, 0) is 37.9 Å². The minimum absolute atomic E-state index is 0.0643. The molecule has 0 radical (unpaired) electrons. The maximum atomic E-state index is 11.7. The van der Waals surface area contributed by atoms with Crippen LogP contribution in [0.3, 0.4) is 0 Å². The average Bonchev–Trinajstić information content (AvgIpc) is 3.71. The third-order valence-corrected chi connectivity index (χ3v) is 20.0. The Morgan fingerprint density at radius 2 is 1.20 bits per heavy atom. The number of rotatable bonds is 8. The standard InChI is InChI=1S/C48H80O18/c1-20-30(51)33(54)35(56)39(59-20)63-37-32(53)24(19-49)61-41(38(37)64-40-36(57)34(55)31(52)21(2)60-40)62-28-13-14-44(7)25(42(28,3)4)12-16-45(8)26(44)17-23-29-22(11-15-46(29,45)9)47(10)18-27(50)48(65-23,66-47)43(5,6)58/h20-41,49-58H,11-19H2,1-10H3/t20-,21-,22-,23+,24+,25+,26+,27-,28-,29-,30-,31-,32+,33+,34+,35+,36+,37-,38+,39-,40-,41-,44-,45+,46+,47-,48-/m0/s1. The van der Waals surface area contributed by atoms with Crippen LogP contribution in [0.1, 0.15) is 121 Å². The van der Waals surface area contributed by atoms with Crippen LogP contribution < -0.4 is 0 Å². The molecule has 66 heavy (non-hydrogen) atoms. The van der Waals surface area contributed by atoms with Gasteiger partial charge in [0, 0.05) is 6.42 Å². The molecule has 9 rings (SSSR count). The molecule has 380 valence electrons.